The summed E-state index contributed by atoms with van der Waals surface area (Å²) < 4.78 is 7.00. The van der Waals surface area contributed by atoms with E-state index in [2.05, 4.69) is 214 Å². The van der Waals surface area contributed by atoms with Gasteiger partial charge in [-0.15, -0.1) is 0 Å². The highest BCUT2D eigenvalue weighted by Gasteiger charge is 2.22. The summed E-state index contributed by atoms with van der Waals surface area (Å²) in [5.41, 5.74) is 12.8. The van der Waals surface area contributed by atoms with E-state index in [0.29, 0.717) is 5.82 Å². The molecule has 0 radical (unpaired) electrons. The molecule has 0 saturated heterocycles. The van der Waals surface area contributed by atoms with E-state index < -0.39 is 0 Å². The maximum atomic E-state index is 5.56. The Morgan fingerprint density at radius 3 is 1.40 bits per heavy atom. The van der Waals surface area contributed by atoms with Crippen LogP contribution in [-0.4, -0.2) is 23.7 Å². The van der Waals surface area contributed by atoms with Crippen LogP contribution in [0, 0.1) is 0 Å². The van der Waals surface area contributed by atoms with Crippen molar-refractivity contribution < 1.29 is 0 Å². The zero-order valence-electron chi connectivity index (χ0n) is 30.8. The highest BCUT2D eigenvalue weighted by Crippen LogP contribution is 2.41. The van der Waals surface area contributed by atoms with Crippen LogP contribution in [-0.2, 0) is 0 Å². The summed E-state index contributed by atoms with van der Waals surface area (Å²) in [6, 6.07) is 71.2. The molecule has 266 valence electrons. The second-order valence-electron chi connectivity index (χ2n) is 14.6. The van der Waals surface area contributed by atoms with Gasteiger partial charge in [0.1, 0.15) is 5.65 Å². The zero-order valence-corrected chi connectivity index (χ0v) is 30.8. The minimum absolute atomic E-state index is 0.679. The highest BCUT2D eigenvalue weighted by atomic mass is 15.1. The van der Waals surface area contributed by atoms with Gasteiger partial charge in [-0.3, -0.25) is 4.57 Å². The Balaban J connectivity index is 1.15. The molecular weight excluding hydrogens is 695 g/mol. The third kappa shape index (κ3) is 4.76. The van der Waals surface area contributed by atoms with E-state index in [1.54, 1.807) is 0 Å². The Bertz CT molecular complexity index is 3460. The van der Waals surface area contributed by atoms with Gasteiger partial charge in [0, 0.05) is 55.1 Å². The van der Waals surface area contributed by atoms with E-state index in [0.717, 1.165) is 66.7 Å². The van der Waals surface area contributed by atoms with Crippen LogP contribution in [0.1, 0.15) is 0 Å². The number of benzene rings is 8. The van der Waals surface area contributed by atoms with Crippen LogP contribution in [0.25, 0.3) is 105 Å². The first kappa shape index (κ1) is 31.6. The molecule has 0 N–H and O–H groups in total. The molecule has 0 bridgehead atoms. The molecule has 57 heavy (non-hydrogen) atoms. The third-order valence-corrected chi connectivity index (χ3v) is 11.4. The van der Waals surface area contributed by atoms with Gasteiger partial charge in [-0.25, -0.2) is 9.97 Å². The fourth-order valence-electron chi connectivity index (χ4n) is 8.99. The van der Waals surface area contributed by atoms with Gasteiger partial charge in [-0.1, -0.05) is 121 Å². The average Bonchev–Trinajstić information content (AvgIpc) is 3.92. The summed E-state index contributed by atoms with van der Waals surface area (Å²) in [4.78, 5) is 11.0. The number of para-hydroxylation sites is 6. The minimum atomic E-state index is 0.679. The number of nitrogens with zero attached hydrogens (tertiary/aromatic N) is 5. The van der Waals surface area contributed by atoms with Crippen LogP contribution in [0.2, 0.25) is 0 Å². The predicted octanol–water partition coefficient (Wildman–Crippen LogP) is 13.1. The first-order valence-corrected chi connectivity index (χ1v) is 19.3. The molecule has 4 aromatic heterocycles. The van der Waals surface area contributed by atoms with Crippen molar-refractivity contribution >= 4 is 65.5 Å². The Labute approximate surface area is 328 Å². The molecular formula is C52H33N5. The number of aromatic nitrogens is 5. The molecule has 8 aromatic carbocycles. The molecule has 12 rings (SSSR count). The van der Waals surface area contributed by atoms with Gasteiger partial charge in [0.25, 0.3) is 0 Å². The number of hydrogen-bond acceptors (Lipinski definition) is 2. The van der Waals surface area contributed by atoms with Crippen molar-refractivity contribution in [2.75, 3.05) is 0 Å². The van der Waals surface area contributed by atoms with Gasteiger partial charge in [-0.2, -0.15) is 0 Å². The second kappa shape index (κ2) is 12.4. The number of hydrogen-bond donors (Lipinski definition) is 0. The lowest BCUT2D eigenvalue weighted by atomic mass is 10.0. The van der Waals surface area contributed by atoms with E-state index in [9.17, 15) is 0 Å². The van der Waals surface area contributed by atoms with Crippen molar-refractivity contribution in [1.82, 2.24) is 23.7 Å². The Morgan fingerprint density at radius 1 is 0.298 bits per heavy atom. The van der Waals surface area contributed by atoms with Crippen LogP contribution in [0.5, 0.6) is 0 Å². The highest BCUT2D eigenvalue weighted by molar-refractivity contribution is 6.15. The molecule has 0 aliphatic heterocycles. The standard InChI is InChI=1S/C52H33N5/c1-3-17-36(18-4-1)55-46-28-13-9-24-41(46)43-33-35(30-31-48(43)55)51-53-50(49-42-25-10-14-29-47(42)57(52(49)54-51)37-19-5-2-6-20-37)34-16-15-21-38(32-34)56-44-26-11-7-22-39(44)40-23-8-12-27-45(40)56/h1-33H. The van der Waals surface area contributed by atoms with Crippen molar-refractivity contribution in [2.45, 2.75) is 0 Å². The predicted molar refractivity (Wildman–Crippen MR) is 236 cm³/mol. The van der Waals surface area contributed by atoms with Crippen LogP contribution < -0.4 is 0 Å². The van der Waals surface area contributed by atoms with Crippen LogP contribution >= 0.6 is 0 Å². The summed E-state index contributed by atoms with van der Waals surface area (Å²) in [6.07, 6.45) is 0. The molecule has 0 aliphatic carbocycles. The first-order valence-electron chi connectivity index (χ1n) is 19.3. The first-order chi connectivity index (χ1) is 28.3. The Morgan fingerprint density at radius 2 is 0.772 bits per heavy atom. The van der Waals surface area contributed by atoms with Gasteiger partial charge in [-0.05, 0) is 78.9 Å². The lowest BCUT2D eigenvalue weighted by Crippen LogP contribution is -2.00. The van der Waals surface area contributed by atoms with Gasteiger partial charge >= 0.3 is 0 Å². The molecule has 0 amide bonds. The third-order valence-electron chi connectivity index (χ3n) is 11.4. The topological polar surface area (TPSA) is 40.6 Å². The van der Waals surface area contributed by atoms with E-state index in [-0.39, 0.29) is 0 Å². The molecule has 0 atom stereocenters. The summed E-state index contributed by atoms with van der Waals surface area (Å²) in [7, 11) is 0. The monoisotopic (exact) mass is 727 g/mol. The minimum Gasteiger partial charge on any atom is -0.309 e. The largest absolute Gasteiger partial charge is 0.309 e. The fourth-order valence-corrected chi connectivity index (χ4v) is 8.99. The van der Waals surface area contributed by atoms with Crippen LogP contribution in [0.3, 0.4) is 0 Å². The average molecular weight is 728 g/mol. The molecule has 4 heterocycles. The van der Waals surface area contributed by atoms with E-state index >= 15 is 0 Å². The molecule has 0 fully saturated rings. The van der Waals surface area contributed by atoms with E-state index in [1.807, 2.05) is 0 Å². The van der Waals surface area contributed by atoms with E-state index in [4.69, 9.17) is 9.97 Å². The summed E-state index contributed by atoms with van der Waals surface area (Å²) in [6.45, 7) is 0. The molecule has 0 aliphatic rings. The maximum absolute atomic E-state index is 5.56. The van der Waals surface area contributed by atoms with Crippen molar-refractivity contribution in [3.05, 3.63) is 200 Å². The second-order valence-corrected chi connectivity index (χ2v) is 14.6. The summed E-state index contributed by atoms with van der Waals surface area (Å²) in [5.74, 6) is 0.679. The fraction of sp³-hybridized carbons (Fsp3) is 0. The molecule has 0 saturated carbocycles. The molecule has 12 aromatic rings. The SMILES string of the molecule is c1ccc(-n2c3ccccc3c3cc(-c4nc(-c5cccc(-n6c7ccccc7c7ccccc76)c5)c5c6ccccc6n(-c6ccccc6)c5n4)ccc32)cc1. The molecule has 0 unspecified atom stereocenters. The van der Waals surface area contributed by atoms with Crippen molar-refractivity contribution in [1.29, 1.82) is 0 Å². The molecule has 0 spiro atoms. The van der Waals surface area contributed by atoms with Gasteiger partial charge in [0.15, 0.2) is 5.82 Å². The van der Waals surface area contributed by atoms with Crippen molar-refractivity contribution in [3.63, 3.8) is 0 Å². The quantitative estimate of drug-likeness (QED) is 0.177. The Hall–Kier alpha value is -7.76. The van der Waals surface area contributed by atoms with Gasteiger partial charge in [0.05, 0.1) is 38.7 Å². The maximum Gasteiger partial charge on any atom is 0.162 e. The smallest absolute Gasteiger partial charge is 0.162 e. The summed E-state index contributed by atoms with van der Waals surface area (Å²) >= 11 is 0. The number of rotatable bonds is 5. The van der Waals surface area contributed by atoms with Crippen LogP contribution in [0.4, 0.5) is 0 Å². The molecule has 5 heteroatoms. The van der Waals surface area contributed by atoms with E-state index in [1.165, 1.54) is 32.7 Å². The Kier molecular flexibility index (Phi) is 6.86. The van der Waals surface area contributed by atoms with Crippen molar-refractivity contribution in [2.24, 2.45) is 0 Å². The summed E-state index contributed by atoms with van der Waals surface area (Å²) in [5, 5.41) is 6.96. The molecule has 5 nitrogen and oxygen atoms in total. The van der Waals surface area contributed by atoms with Gasteiger partial charge in [0.2, 0.25) is 0 Å². The zero-order chi connectivity index (χ0) is 37.5. The van der Waals surface area contributed by atoms with Gasteiger partial charge < -0.3 is 9.13 Å². The lowest BCUT2D eigenvalue weighted by Gasteiger charge is -2.13. The normalized spacial score (nSPS) is 11.9. The number of fused-ring (bicyclic) bond motifs is 9. The van der Waals surface area contributed by atoms with Crippen LogP contribution in [0.15, 0.2) is 200 Å². The lowest BCUT2D eigenvalue weighted by molar-refractivity contribution is 1.11. The van der Waals surface area contributed by atoms with Crippen molar-refractivity contribution in [3.8, 4) is 39.7 Å².